The smallest absolute Gasteiger partial charge is 0.254 e. The molecule has 0 aliphatic carbocycles. The number of carbonyl (C=O) groups excluding carboxylic acids is 1. The van der Waals surface area contributed by atoms with Gasteiger partial charge in [0.1, 0.15) is 11.5 Å². The quantitative estimate of drug-likeness (QED) is 0.417. The molecule has 5 rings (SSSR count). The Bertz CT molecular complexity index is 1320. The van der Waals surface area contributed by atoms with Crippen LogP contribution in [0.1, 0.15) is 10.4 Å². The number of nitrogens with one attached hydrogen (secondary N) is 1. The average molecular weight is 482 g/mol. The molecule has 0 spiro atoms. The van der Waals surface area contributed by atoms with Gasteiger partial charge in [-0.25, -0.2) is 9.97 Å². The van der Waals surface area contributed by atoms with Crippen LogP contribution in [0, 0.1) is 0 Å². The summed E-state index contributed by atoms with van der Waals surface area (Å²) in [4.78, 5) is 26.1. The second kappa shape index (κ2) is 10.4. The highest BCUT2D eigenvalue weighted by molar-refractivity contribution is 5.95. The first-order valence-electron chi connectivity index (χ1n) is 11.8. The molecule has 36 heavy (non-hydrogen) atoms. The Morgan fingerprint density at radius 3 is 2.25 bits per heavy atom. The van der Waals surface area contributed by atoms with Crippen LogP contribution in [0.15, 0.2) is 85.2 Å². The van der Waals surface area contributed by atoms with E-state index in [2.05, 4.69) is 20.2 Å². The molecule has 1 aliphatic rings. The minimum atomic E-state index is -0.000205. The molecule has 2 N–H and O–H groups in total. The van der Waals surface area contributed by atoms with Crippen molar-refractivity contribution in [2.45, 2.75) is 0 Å². The SMILES string of the molecule is COc1ccc(-c2cnc(Nc3cccc(C(=O)N4CCN(c5ccc(O)cc5)CC4)c3)nc2)cc1. The summed E-state index contributed by atoms with van der Waals surface area (Å²) in [6, 6.07) is 22.3. The number of nitrogens with zero attached hydrogens (tertiary/aromatic N) is 4. The van der Waals surface area contributed by atoms with E-state index in [-0.39, 0.29) is 11.7 Å². The Balaban J connectivity index is 1.21. The summed E-state index contributed by atoms with van der Waals surface area (Å²) in [7, 11) is 1.64. The summed E-state index contributed by atoms with van der Waals surface area (Å²) in [6.45, 7) is 2.74. The first-order chi connectivity index (χ1) is 17.6. The maximum atomic E-state index is 13.1. The summed E-state index contributed by atoms with van der Waals surface area (Å²) in [6.07, 6.45) is 3.53. The molecule has 1 aromatic heterocycles. The van der Waals surface area contributed by atoms with Crippen LogP contribution in [0.2, 0.25) is 0 Å². The molecule has 1 aliphatic heterocycles. The van der Waals surface area contributed by atoms with Crippen LogP contribution >= 0.6 is 0 Å². The second-order valence-corrected chi connectivity index (χ2v) is 8.53. The van der Waals surface area contributed by atoms with Crippen molar-refractivity contribution in [3.8, 4) is 22.6 Å². The Kier molecular flexibility index (Phi) is 6.66. The van der Waals surface area contributed by atoms with Gasteiger partial charge in [0, 0.05) is 61.1 Å². The lowest BCUT2D eigenvalue weighted by molar-refractivity contribution is 0.0747. The van der Waals surface area contributed by atoms with Crippen molar-refractivity contribution in [2.24, 2.45) is 0 Å². The summed E-state index contributed by atoms with van der Waals surface area (Å²) < 4.78 is 5.20. The zero-order valence-electron chi connectivity index (χ0n) is 20.0. The summed E-state index contributed by atoms with van der Waals surface area (Å²) in [5, 5.41) is 12.7. The largest absolute Gasteiger partial charge is 0.508 e. The summed E-state index contributed by atoms with van der Waals surface area (Å²) in [5.74, 6) is 1.50. The molecule has 2 heterocycles. The highest BCUT2D eigenvalue weighted by Crippen LogP contribution is 2.24. The third-order valence-corrected chi connectivity index (χ3v) is 6.22. The van der Waals surface area contributed by atoms with E-state index in [1.54, 1.807) is 31.6 Å². The van der Waals surface area contributed by atoms with E-state index in [4.69, 9.17) is 4.74 Å². The van der Waals surface area contributed by atoms with E-state index >= 15 is 0 Å². The first kappa shape index (κ1) is 23.2. The fourth-order valence-electron chi connectivity index (χ4n) is 4.20. The van der Waals surface area contributed by atoms with Gasteiger partial charge in [-0.2, -0.15) is 0 Å². The Morgan fingerprint density at radius 1 is 0.889 bits per heavy atom. The molecule has 0 unspecified atom stereocenters. The standard InChI is InChI=1S/C28H27N5O3/c1-36-26-11-5-20(6-12-26)22-18-29-28(30-19-22)31-23-4-2-3-21(17-23)27(35)33-15-13-32(14-16-33)24-7-9-25(34)10-8-24/h2-12,17-19,34H,13-16H2,1H3,(H,29,30,31). The van der Waals surface area contributed by atoms with Gasteiger partial charge >= 0.3 is 0 Å². The van der Waals surface area contributed by atoms with E-state index in [0.717, 1.165) is 41.3 Å². The molecule has 3 aromatic carbocycles. The molecule has 182 valence electrons. The normalized spacial score (nSPS) is 13.4. The molecular formula is C28H27N5O3. The van der Waals surface area contributed by atoms with Crippen LogP contribution in [0.5, 0.6) is 11.5 Å². The average Bonchev–Trinajstić information content (AvgIpc) is 2.94. The topological polar surface area (TPSA) is 90.8 Å². The number of methoxy groups -OCH3 is 1. The van der Waals surface area contributed by atoms with Crippen LogP contribution in [0.25, 0.3) is 11.1 Å². The highest BCUT2D eigenvalue weighted by atomic mass is 16.5. The third kappa shape index (κ3) is 5.22. The summed E-state index contributed by atoms with van der Waals surface area (Å²) >= 11 is 0. The number of ether oxygens (including phenoxy) is 1. The number of hydrogen-bond donors (Lipinski definition) is 2. The molecule has 0 atom stereocenters. The Labute approximate surface area is 209 Å². The molecule has 1 fully saturated rings. The fourth-order valence-corrected chi connectivity index (χ4v) is 4.20. The first-order valence-corrected chi connectivity index (χ1v) is 11.8. The van der Waals surface area contributed by atoms with Crippen molar-refractivity contribution in [2.75, 3.05) is 43.5 Å². The number of phenols is 1. The number of carbonyl (C=O) groups is 1. The number of rotatable bonds is 6. The van der Waals surface area contributed by atoms with Gasteiger partial charge in [-0.1, -0.05) is 18.2 Å². The molecule has 1 saturated heterocycles. The summed E-state index contributed by atoms with van der Waals surface area (Å²) in [5.41, 5.74) is 4.32. The van der Waals surface area contributed by atoms with E-state index in [1.807, 2.05) is 65.6 Å². The predicted molar refractivity (Wildman–Crippen MR) is 140 cm³/mol. The van der Waals surface area contributed by atoms with E-state index in [9.17, 15) is 9.90 Å². The lowest BCUT2D eigenvalue weighted by atomic mass is 10.1. The fraction of sp³-hybridized carbons (Fsp3) is 0.179. The van der Waals surface area contributed by atoms with Crippen molar-refractivity contribution >= 4 is 23.2 Å². The molecule has 8 nitrogen and oxygen atoms in total. The van der Waals surface area contributed by atoms with Crippen LogP contribution in [0.3, 0.4) is 0 Å². The molecule has 8 heteroatoms. The van der Waals surface area contributed by atoms with Crippen molar-refractivity contribution in [1.82, 2.24) is 14.9 Å². The second-order valence-electron chi connectivity index (χ2n) is 8.53. The van der Waals surface area contributed by atoms with Crippen LogP contribution in [0.4, 0.5) is 17.3 Å². The minimum absolute atomic E-state index is 0.000205. The maximum absolute atomic E-state index is 13.1. The van der Waals surface area contributed by atoms with Gasteiger partial charge in [-0.05, 0) is 60.2 Å². The van der Waals surface area contributed by atoms with Gasteiger partial charge in [-0.15, -0.1) is 0 Å². The van der Waals surface area contributed by atoms with Crippen molar-refractivity contribution in [1.29, 1.82) is 0 Å². The van der Waals surface area contributed by atoms with Gasteiger partial charge in [0.2, 0.25) is 5.95 Å². The molecule has 4 aromatic rings. The van der Waals surface area contributed by atoms with Gasteiger partial charge in [0.15, 0.2) is 0 Å². The number of aromatic hydroxyl groups is 1. The molecule has 0 bridgehead atoms. The van der Waals surface area contributed by atoms with Gasteiger partial charge < -0.3 is 25.0 Å². The Hall–Kier alpha value is -4.59. The lowest BCUT2D eigenvalue weighted by Crippen LogP contribution is -2.48. The Morgan fingerprint density at radius 2 is 1.58 bits per heavy atom. The number of phenolic OH excluding ortho intramolecular Hbond substituents is 1. The lowest BCUT2D eigenvalue weighted by Gasteiger charge is -2.36. The number of benzene rings is 3. The number of anilines is 3. The van der Waals surface area contributed by atoms with Gasteiger partial charge in [0.25, 0.3) is 5.91 Å². The molecular weight excluding hydrogens is 454 g/mol. The van der Waals surface area contributed by atoms with E-state index in [1.165, 1.54) is 0 Å². The number of piperazine rings is 1. The predicted octanol–water partition coefficient (Wildman–Crippen LogP) is 4.56. The zero-order valence-corrected chi connectivity index (χ0v) is 20.0. The van der Waals surface area contributed by atoms with Crippen LogP contribution in [-0.4, -0.2) is 59.2 Å². The van der Waals surface area contributed by atoms with Gasteiger partial charge in [0.05, 0.1) is 7.11 Å². The van der Waals surface area contributed by atoms with E-state index in [0.29, 0.717) is 24.6 Å². The van der Waals surface area contributed by atoms with Gasteiger partial charge in [-0.3, -0.25) is 4.79 Å². The van der Waals surface area contributed by atoms with Crippen molar-refractivity contribution in [3.63, 3.8) is 0 Å². The highest BCUT2D eigenvalue weighted by Gasteiger charge is 2.22. The number of hydrogen-bond acceptors (Lipinski definition) is 7. The minimum Gasteiger partial charge on any atom is -0.508 e. The molecule has 0 saturated carbocycles. The van der Waals surface area contributed by atoms with Crippen molar-refractivity contribution < 1.29 is 14.6 Å². The van der Waals surface area contributed by atoms with Crippen molar-refractivity contribution in [3.05, 3.63) is 90.8 Å². The monoisotopic (exact) mass is 481 g/mol. The third-order valence-electron chi connectivity index (χ3n) is 6.22. The number of aromatic nitrogens is 2. The zero-order chi connectivity index (χ0) is 24.9. The molecule has 1 amide bonds. The van der Waals surface area contributed by atoms with E-state index < -0.39 is 0 Å². The van der Waals surface area contributed by atoms with Crippen LogP contribution < -0.4 is 15.0 Å². The molecule has 0 radical (unpaired) electrons. The maximum Gasteiger partial charge on any atom is 0.254 e. The van der Waals surface area contributed by atoms with Crippen LogP contribution in [-0.2, 0) is 0 Å². The number of amides is 1.